The highest BCUT2D eigenvalue weighted by atomic mass is 15.0. The standard InChI is InChI=1S/C28H45N2/c1-3-4-5-6-7-8-9-10-11-12-13-14-18-21-27(28-29-22-23-30-28)25(2)24-26-19-16-15-17-20-26/h15-17,19-20,22-23,25,27H,3-14,18,21,24H2,1-2H3/q+1. The molecule has 0 radical (unpaired) electrons. The van der Waals surface area contributed by atoms with Gasteiger partial charge in [0.15, 0.2) is 12.4 Å². The summed E-state index contributed by atoms with van der Waals surface area (Å²) in [4.78, 5) is 9.10. The molecule has 1 aromatic rings. The van der Waals surface area contributed by atoms with E-state index in [-0.39, 0.29) is 0 Å². The minimum absolute atomic E-state index is 0.480. The minimum atomic E-state index is 0.480. The summed E-state index contributed by atoms with van der Waals surface area (Å²) in [5.41, 5.74) is 1.42. The summed E-state index contributed by atoms with van der Waals surface area (Å²) in [5, 5.41) is 0. The van der Waals surface area contributed by atoms with Crippen LogP contribution in [0.3, 0.4) is 0 Å². The number of nitrogens with zero attached hydrogens (tertiary/aromatic N) is 2. The topological polar surface area (TPSA) is 24.7 Å². The van der Waals surface area contributed by atoms with Crippen LogP contribution in [0.5, 0.6) is 0 Å². The molecule has 0 N–H and O–H groups in total. The van der Waals surface area contributed by atoms with Crippen LogP contribution in [0.1, 0.15) is 109 Å². The Morgan fingerprint density at radius 3 is 1.73 bits per heavy atom. The molecule has 1 aliphatic heterocycles. The van der Waals surface area contributed by atoms with Gasteiger partial charge >= 0.3 is 0 Å². The third-order valence-corrected chi connectivity index (χ3v) is 6.52. The predicted octanol–water partition coefficient (Wildman–Crippen LogP) is 8.61. The fourth-order valence-electron chi connectivity index (χ4n) is 4.62. The molecule has 0 aliphatic carbocycles. The van der Waals surface area contributed by atoms with E-state index in [1.54, 1.807) is 0 Å². The minimum Gasteiger partial charge on any atom is -0.0965 e. The van der Waals surface area contributed by atoms with Gasteiger partial charge in [-0.05, 0) is 24.3 Å². The Hall–Kier alpha value is -1.57. The maximum atomic E-state index is 4.55. The van der Waals surface area contributed by atoms with Crippen LogP contribution in [-0.4, -0.2) is 12.4 Å². The van der Waals surface area contributed by atoms with Crippen LogP contribution in [0.25, 0.3) is 0 Å². The predicted molar refractivity (Wildman–Crippen MR) is 133 cm³/mol. The van der Waals surface area contributed by atoms with E-state index in [1.165, 1.54) is 95.5 Å². The number of hydrogen-bond acceptors (Lipinski definition) is 2. The van der Waals surface area contributed by atoms with E-state index in [1.807, 2.05) is 12.4 Å². The molecule has 0 saturated carbocycles. The molecule has 0 aromatic heterocycles. The average Bonchev–Trinajstić information content (AvgIpc) is 3.29. The van der Waals surface area contributed by atoms with Crippen molar-refractivity contribution >= 4 is 12.4 Å². The van der Waals surface area contributed by atoms with Gasteiger partial charge in [-0.15, -0.1) is 0 Å². The van der Waals surface area contributed by atoms with Crippen molar-refractivity contribution in [1.29, 1.82) is 0 Å². The molecule has 166 valence electrons. The molecule has 0 bridgehead atoms. The highest BCUT2D eigenvalue weighted by molar-refractivity contribution is 6.18. The summed E-state index contributed by atoms with van der Waals surface area (Å²) in [5.74, 6) is 1.06. The quantitative estimate of drug-likeness (QED) is 0.171. The van der Waals surface area contributed by atoms with Crippen LogP contribution in [0.2, 0.25) is 0 Å². The van der Waals surface area contributed by atoms with Crippen LogP contribution in [0.4, 0.5) is 0 Å². The van der Waals surface area contributed by atoms with Gasteiger partial charge in [0.05, 0.1) is 5.92 Å². The van der Waals surface area contributed by atoms with Gasteiger partial charge < -0.3 is 0 Å². The smallest absolute Gasteiger partial charge is 0.0965 e. The molecule has 2 unspecified atom stereocenters. The number of aliphatic imine (C=N–C) groups is 2. The van der Waals surface area contributed by atoms with E-state index in [0.717, 1.165) is 12.6 Å². The van der Waals surface area contributed by atoms with Crippen molar-refractivity contribution in [2.75, 3.05) is 0 Å². The fourth-order valence-corrected chi connectivity index (χ4v) is 4.62. The van der Waals surface area contributed by atoms with Gasteiger partial charge in [-0.25, -0.2) is 0 Å². The highest BCUT2D eigenvalue weighted by Crippen LogP contribution is 2.33. The Labute approximate surface area is 186 Å². The van der Waals surface area contributed by atoms with E-state index >= 15 is 0 Å². The van der Waals surface area contributed by atoms with Crippen molar-refractivity contribution in [3.05, 3.63) is 42.1 Å². The van der Waals surface area contributed by atoms with Gasteiger partial charge in [0.2, 0.25) is 6.17 Å². The molecule has 30 heavy (non-hydrogen) atoms. The molecule has 1 aromatic carbocycles. The van der Waals surface area contributed by atoms with Crippen LogP contribution in [0.15, 0.2) is 40.3 Å². The van der Waals surface area contributed by atoms with Gasteiger partial charge in [0.1, 0.15) is 0 Å². The molecule has 2 rings (SSSR count). The molecule has 1 heterocycles. The lowest BCUT2D eigenvalue weighted by molar-refractivity contribution is 0.330. The highest BCUT2D eigenvalue weighted by Gasteiger charge is 2.33. The van der Waals surface area contributed by atoms with E-state index in [4.69, 9.17) is 0 Å². The first-order valence-corrected chi connectivity index (χ1v) is 12.8. The summed E-state index contributed by atoms with van der Waals surface area (Å²) in [7, 11) is 0. The van der Waals surface area contributed by atoms with Crippen LogP contribution in [-0.2, 0) is 6.42 Å². The SMILES string of the molecule is CCCCCCCCCCCCCCCC([C+]1N=CC=N1)C(C)Cc1ccccc1. The molecule has 0 spiro atoms. The maximum absolute atomic E-state index is 4.55. The Morgan fingerprint density at radius 1 is 0.700 bits per heavy atom. The molecule has 0 amide bonds. The first kappa shape index (κ1) is 24.7. The third-order valence-electron chi connectivity index (χ3n) is 6.52. The zero-order valence-corrected chi connectivity index (χ0v) is 19.7. The number of benzene rings is 1. The van der Waals surface area contributed by atoms with Gasteiger partial charge in [-0.2, -0.15) is 0 Å². The van der Waals surface area contributed by atoms with Crippen molar-refractivity contribution in [1.82, 2.24) is 0 Å². The second-order valence-electron chi connectivity index (χ2n) is 9.22. The molecule has 2 heteroatoms. The van der Waals surface area contributed by atoms with E-state index in [0.29, 0.717) is 11.8 Å². The largest absolute Gasteiger partial charge is 0.244 e. The number of hydrogen-bond donors (Lipinski definition) is 0. The summed E-state index contributed by atoms with van der Waals surface area (Å²) < 4.78 is 0. The first-order chi connectivity index (χ1) is 14.8. The summed E-state index contributed by atoms with van der Waals surface area (Å²) in [6.07, 6.45) is 25.4. The van der Waals surface area contributed by atoms with E-state index in [2.05, 4.69) is 54.2 Å². The Morgan fingerprint density at radius 2 is 1.20 bits per heavy atom. The monoisotopic (exact) mass is 409 g/mol. The van der Waals surface area contributed by atoms with Crippen molar-refractivity contribution in [2.45, 2.75) is 110 Å². The second kappa shape index (κ2) is 16.2. The number of rotatable bonds is 18. The Balaban J connectivity index is 1.55. The lowest BCUT2D eigenvalue weighted by atomic mass is 9.82. The van der Waals surface area contributed by atoms with Crippen molar-refractivity contribution in [2.24, 2.45) is 21.8 Å². The van der Waals surface area contributed by atoms with E-state index < -0.39 is 0 Å². The molecular weight excluding hydrogens is 364 g/mol. The summed E-state index contributed by atoms with van der Waals surface area (Å²) >= 11 is 0. The molecule has 2 nitrogen and oxygen atoms in total. The molecule has 0 saturated heterocycles. The first-order valence-electron chi connectivity index (χ1n) is 12.8. The van der Waals surface area contributed by atoms with Crippen molar-refractivity contribution in [3.8, 4) is 0 Å². The zero-order chi connectivity index (χ0) is 21.3. The third kappa shape index (κ3) is 10.5. The Kier molecular flexibility index (Phi) is 13.3. The Bertz CT molecular complexity index is 566. The lowest BCUT2D eigenvalue weighted by Crippen LogP contribution is -2.19. The molecule has 0 fully saturated rings. The summed E-state index contributed by atoms with van der Waals surface area (Å²) in [6, 6.07) is 10.9. The second-order valence-corrected chi connectivity index (χ2v) is 9.22. The molecule has 1 aliphatic rings. The van der Waals surface area contributed by atoms with Crippen LogP contribution < -0.4 is 0 Å². The number of unbranched alkanes of at least 4 members (excludes halogenated alkanes) is 12. The van der Waals surface area contributed by atoms with Crippen LogP contribution >= 0.6 is 0 Å². The zero-order valence-electron chi connectivity index (χ0n) is 19.7. The van der Waals surface area contributed by atoms with Gasteiger partial charge in [0, 0.05) is 0 Å². The fraction of sp³-hybridized carbons (Fsp3) is 0.679. The average molecular weight is 410 g/mol. The lowest BCUT2D eigenvalue weighted by Gasteiger charge is -2.22. The normalized spacial score (nSPS) is 15.1. The maximum Gasteiger partial charge on any atom is 0.244 e. The summed E-state index contributed by atoms with van der Waals surface area (Å²) in [6.45, 7) is 4.66. The van der Waals surface area contributed by atoms with Crippen molar-refractivity contribution < 1.29 is 0 Å². The van der Waals surface area contributed by atoms with Gasteiger partial charge in [-0.3, -0.25) is 0 Å². The van der Waals surface area contributed by atoms with Gasteiger partial charge in [0.25, 0.3) is 0 Å². The van der Waals surface area contributed by atoms with Crippen LogP contribution in [0, 0.1) is 18.0 Å². The molecular formula is C28H45N2+. The van der Waals surface area contributed by atoms with E-state index in [9.17, 15) is 0 Å². The molecule has 2 atom stereocenters. The van der Waals surface area contributed by atoms with Gasteiger partial charge in [-0.1, -0.05) is 138 Å². The van der Waals surface area contributed by atoms with Crippen molar-refractivity contribution in [3.63, 3.8) is 0 Å².